The molecule has 0 saturated heterocycles. The van der Waals surface area contributed by atoms with Crippen LogP contribution in [0.25, 0.3) is 10.9 Å². The number of ether oxygens (including phenoxy) is 1. The molecule has 130 valence electrons. The first kappa shape index (κ1) is 16.8. The Hall–Kier alpha value is -3.03. The molecule has 0 unspecified atom stereocenters. The molecule has 0 atom stereocenters. The highest BCUT2D eigenvalue weighted by molar-refractivity contribution is 5.90. The van der Waals surface area contributed by atoms with E-state index in [4.69, 9.17) is 4.74 Å². The molecule has 25 heavy (non-hydrogen) atoms. The topological polar surface area (TPSA) is 91.9 Å². The summed E-state index contributed by atoms with van der Waals surface area (Å²) in [6.45, 7) is 4.63. The quantitative estimate of drug-likeness (QED) is 0.634. The minimum atomic E-state index is -0.331. The van der Waals surface area contributed by atoms with Gasteiger partial charge in [-0.25, -0.2) is 9.25 Å². The number of benzene rings is 1. The van der Waals surface area contributed by atoms with Gasteiger partial charge in [0.05, 0.1) is 12.1 Å². The predicted octanol–water partition coefficient (Wildman–Crippen LogP) is 1.68. The molecule has 0 N–H and O–H groups in total. The van der Waals surface area contributed by atoms with E-state index in [-0.39, 0.29) is 11.5 Å². The number of nitrogens with zero attached hydrogens (tertiary/aromatic N) is 5. The standard InChI is InChI=1S/C17H19N5O3/c1-3-21-16(18-19-20-21)5-4-10-25-14-7-8-15-13(11-14)6-9-17(24)22(15)12(2)23/h6-9,11H,3-5,10H2,1-2H3. The summed E-state index contributed by atoms with van der Waals surface area (Å²) in [6, 6.07) is 8.39. The lowest BCUT2D eigenvalue weighted by Gasteiger charge is -2.09. The maximum atomic E-state index is 11.8. The Morgan fingerprint density at radius 3 is 2.84 bits per heavy atom. The van der Waals surface area contributed by atoms with Gasteiger partial charge < -0.3 is 4.74 Å². The van der Waals surface area contributed by atoms with Crippen molar-refractivity contribution in [2.75, 3.05) is 6.61 Å². The summed E-state index contributed by atoms with van der Waals surface area (Å²) < 4.78 is 8.68. The van der Waals surface area contributed by atoms with E-state index in [9.17, 15) is 9.59 Å². The van der Waals surface area contributed by atoms with E-state index in [1.54, 1.807) is 22.9 Å². The fraction of sp³-hybridized carbons (Fsp3) is 0.353. The first-order valence-electron chi connectivity index (χ1n) is 8.14. The zero-order chi connectivity index (χ0) is 17.8. The van der Waals surface area contributed by atoms with Gasteiger partial charge in [-0.3, -0.25) is 9.59 Å². The molecule has 0 spiro atoms. The molecule has 2 aromatic heterocycles. The summed E-state index contributed by atoms with van der Waals surface area (Å²) in [4.78, 5) is 23.5. The number of rotatable bonds is 6. The van der Waals surface area contributed by atoms with Crippen LogP contribution in [0.5, 0.6) is 5.75 Å². The maximum absolute atomic E-state index is 11.8. The molecule has 2 heterocycles. The fourth-order valence-corrected chi connectivity index (χ4v) is 2.71. The van der Waals surface area contributed by atoms with Gasteiger partial charge in [-0.2, -0.15) is 0 Å². The molecule has 3 rings (SSSR count). The fourth-order valence-electron chi connectivity index (χ4n) is 2.71. The first-order valence-corrected chi connectivity index (χ1v) is 8.14. The molecule has 0 aliphatic carbocycles. The number of carbonyl (C=O) groups is 1. The van der Waals surface area contributed by atoms with E-state index < -0.39 is 0 Å². The number of aryl methyl sites for hydroxylation is 2. The molecule has 0 radical (unpaired) electrons. The number of carbonyl (C=O) groups excluding carboxylic acids is 1. The van der Waals surface area contributed by atoms with Crippen molar-refractivity contribution < 1.29 is 9.53 Å². The van der Waals surface area contributed by atoms with Crippen molar-refractivity contribution in [3.05, 3.63) is 46.5 Å². The van der Waals surface area contributed by atoms with Crippen molar-refractivity contribution >= 4 is 16.8 Å². The Kier molecular flexibility index (Phi) is 4.87. The second kappa shape index (κ2) is 7.25. The summed E-state index contributed by atoms with van der Waals surface area (Å²) in [5, 5.41) is 12.3. The van der Waals surface area contributed by atoms with Crippen LogP contribution in [0.3, 0.4) is 0 Å². The monoisotopic (exact) mass is 341 g/mol. The molecule has 3 aromatic rings. The summed E-state index contributed by atoms with van der Waals surface area (Å²) in [5.41, 5.74) is 0.247. The number of pyridine rings is 1. The van der Waals surface area contributed by atoms with Gasteiger partial charge in [-0.1, -0.05) is 0 Å². The molecule has 0 saturated carbocycles. The van der Waals surface area contributed by atoms with Gasteiger partial charge in [0, 0.05) is 31.3 Å². The normalized spacial score (nSPS) is 11.0. The zero-order valence-corrected chi connectivity index (χ0v) is 14.2. The van der Waals surface area contributed by atoms with Crippen LogP contribution >= 0.6 is 0 Å². The minimum absolute atomic E-state index is 0.307. The van der Waals surface area contributed by atoms with Crippen molar-refractivity contribution in [3.63, 3.8) is 0 Å². The highest BCUT2D eigenvalue weighted by Gasteiger charge is 2.08. The lowest BCUT2D eigenvalue weighted by atomic mass is 10.2. The Bertz CT molecular complexity index is 960. The second-order valence-corrected chi connectivity index (χ2v) is 5.61. The molecule has 0 aliphatic rings. The van der Waals surface area contributed by atoms with Crippen LogP contribution in [0.1, 0.15) is 30.9 Å². The largest absolute Gasteiger partial charge is 0.494 e. The molecular formula is C17H19N5O3. The number of aromatic nitrogens is 5. The van der Waals surface area contributed by atoms with E-state index in [0.29, 0.717) is 17.9 Å². The van der Waals surface area contributed by atoms with Crippen molar-refractivity contribution in [3.8, 4) is 5.75 Å². The molecule has 8 nitrogen and oxygen atoms in total. The van der Waals surface area contributed by atoms with Gasteiger partial charge in [0.2, 0.25) is 5.91 Å². The van der Waals surface area contributed by atoms with E-state index >= 15 is 0 Å². The molecule has 8 heteroatoms. The van der Waals surface area contributed by atoms with Crippen molar-refractivity contribution in [1.29, 1.82) is 0 Å². The van der Waals surface area contributed by atoms with Gasteiger partial charge in [0.15, 0.2) is 5.82 Å². The lowest BCUT2D eigenvalue weighted by Crippen LogP contribution is -2.23. The Balaban J connectivity index is 1.67. The highest BCUT2D eigenvalue weighted by Crippen LogP contribution is 2.20. The Labute approximate surface area is 144 Å². The summed E-state index contributed by atoms with van der Waals surface area (Å²) >= 11 is 0. The van der Waals surface area contributed by atoms with Crippen LogP contribution < -0.4 is 10.3 Å². The summed E-state index contributed by atoms with van der Waals surface area (Å²) in [5.74, 6) is 1.23. The third kappa shape index (κ3) is 3.57. The van der Waals surface area contributed by atoms with Crippen molar-refractivity contribution in [1.82, 2.24) is 24.8 Å². The van der Waals surface area contributed by atoms with E-state index in [1.807, 2.05) is 13.0 Å². The first-order chi connectivity index (χ1) is 12.1. The van der Waals surface area contributed by atoms with Crippen LogP contribution in [0.4, 0.5) is 0 Å². The molecule has 0 bridgehead atoms. The van der Waals surface area contributed by atoms with Crippen molar-refractivity contribution in [2.45, 2.75) is 33.2 Å². The Morgan fingerprint density at radius 1 is 1.24 bits per heavy atom. The highest BCUT2D eigenvalue weighted by atomic mass is 16.5. The van der Waals surface area contributed by atoms with Crippen molar-refractivity contribution in [2.24, 2.45) is 0 Å². The maximum Gasteiger partial charge on any atom is 0.257 e. The van der Waals surface area contributed by atoms with Crippen LogP contribution in [0, 0.1) is 0 Å². The van der Waals surface area contributed by atoms with Gasteiger partial charge in [-0.15, -0.1) is 5.10 Å². The molecule has 0 fully saturated rings. The Morgan fingerprint density at radius 2 is 2.08 bits per heavy atom. The van der Waals surface area contributed by atoms with E-state index in [2.05, 4.69) is 15.5 Å². The number of hydrogen-bond acceptors (Lipinski definition) is 6. The third-order valence-corrected chi connectivity index (χ3v) is 3.90. The van der Waals surface area contributed by atoms with Crippen LogP contribution in [0.2, 0.25) is 0 Å². The SMILES string of the molecule is CCn1nnnc1CCCOc1ccc2c(ccc(=O)n2C(C)=O)c1. The van der Waals surface area contributed by atoms with E-state index in [1.165, 1.54) is 13.0 Å². The second-order valence-electron chi connectivity index (χ2n) is 5.61. The molecule has 0 aliphatic heterocycles. The predicted molar refractivity (Wildman–Crippen MR) is 91.8 cm³/mol. The van der Waals surface area contributed by atoms with Crippen LogP contribution in [-0.4, -0.2) is 37.3 Å². The van der Waals surface area contributed by atoms with Gasteiger partial charge in [0.25, 0.3) is 5.56 Å². The zero-order valence-electron chi connectivity index (χ0n) is 14.2. The molecule has 1 aromatic carbocycles. The number of hydrogen-bond donors (Lipinski definition) is 0. The smallest absolute Gasteiger partial charge is 0.257 e. The average Bonchev–Trinajstić information content (AvgIpc) is 3.05. The lowest BCUT2D eigenvalue weighted by molar-refractivity contribution is 0.0937. The summed E-state index contributed by atoms with van der Waals surface area (Å²) in [6.07, 6.45) is 1.52. The number of tetrazole rings is 1. The average molecular weight is 341 g/mol. The molecular weight excluding hydrogens is 322 g/mol. The minimum Gasteiger partial charge on any atom is -0.494 e. The molecule has 0 amide bonds. The summed E-state index contributed by atoms with van der Waals surface area (Å²) in [7, 11) is 0. The van der Waals surface area contributed by atoms with Crippen LogP contribution in [-0.2, 0) is 13.0 Å². The van der Waals surface area contributed by atoms with Gasteiger partial charge >= 0.3 is 0 Å². The van der Waals surface area contributed by atoms with Gasteiger partial charge in [0.1, 0.15) is 5.75 Å². The van der Waals surface area contributed by atoms with Crippen LogP contribution in [0.15, 0.2) is 35.1 Å². The number of fused-ring (bicyclic) bond motifs is 1. The van der Waals surface area contributed by atoms with Gasteiger partial charge in [-0.05, 0) is 48.0 Å². The van der Waals surface area contributed by atoms with E-state index in [0.717, 1.165) is 35.2 Å². The third-order valence-electron chi connectivity index (χ3n) is 3.90.